The van der Waals surface area contributed by atoms with Gasteiger partial charge in [0.25, 0.3) is 0 Å². The zero-order valence-corrected chi connectivity index (χ0v) is 13.2. The van der Waals surface area contributed by atoms with Crippen molar-refractivity contribution < 1.29 is 9.47 Å². The minimum absolute atomic E-state index is 0.422. The van der Waals surface area contributed by atoms with Crippen LogP contribution in [0.4, 0.5) is 0 Å². The Kier molecular flexibility index (Phi) is 4.69. The third kappa shape index (κ3) is 3.03. The van der Waals surface area contributed by atoms with E-state index in [9.17, 15) is 0 Å². The molecule has 21 heavy (non-hydrogen) atoms. The Morgan fingerprint density at radius 2 is 1.90 bits per heavy atom. The number of hydrogen-bond acceptors (Lipinski definition) is 3. The summed E-state index contributed by atoms with van der Waals surface area (Å²) < 4.78 is 11.4. The molecule has 1 aromatic rings. The van der Waals surface area contributed by atoms with E-state index < -0.39 is 0 Å². The number of rotatable bonds is 4. The van der Waals surface area contributed by atoms with E-state index >= 15 is 0 Å². The molecule has 0 amide bonds. The molecule has 0 aromatic heterocycles. The van der Waals surface area contributed by atoms with E-state index in [1.165, 1.54) is 37.7 Å². The van der Waals surface area contributed by atoms with Gasteiger partial charge in [-0.3, -0.25) is 0 Å². The van der Waals surface area contributed by atoms with E-state index in [1.54, 1.807) is 0 Å². The third-order valence-corrected chi connectivity index (χ3v) is 5.16. The van der Waals surface area contributed by atoms with Crippen LogP contribution in [0.3, 0.4) is 0 Å². The number of ether oxygens (including phenoxy) is 2. The fourth-order valence-electron chi connectivity index (χ4n) is 4.06. The van der Waals surface area contributed by atoms with E-state index in [2.05, 4.69) is 37.5 Å². The van der Waals surface area contributed by atoms with E-state index in [1.807, 2.05) is 0 Å². The lowest BCUT2D eigenvalue weighted by atomic mass is 9.72. The second-order valence-corrected chi connectivity index (χ2v) is 6.29. The van der Waals surface area contributed by atoms with Crippen LogP contribution < -0.4 is 14.8 Å². The monoisotopic (exact) mass is 289 g/mol. The van der Waals surface area contributed by atoms with Crippen LogP contribution in [0.2, 0.25) is 0 Å². The van der Waals surface area contributed by atoms with E-state index in [0.29, 0.717) is 19.3 Å². The molecule has 1 heterocycles. The van der Waals surface area contributed by atoms with Crippen LogP contribution in [0, 0.1) is 11.8 Å². The topological polar surface area (TPSA) is 30.5 Å². The smallest absolute Gasteiger partial charge is 0.161 e. The standard InChI is InChI=1S/C18H27NO2/c1-3-13-6-4-5-7-15(13)18(19-2)14-8-9-16-17(12-14)21-11-10-20-16/h8-9,12-13,15,18-19H,3-7,10-11H2,1-2H3. The molecule has 0 radical (unpaired) electrons. The number of fused-ring (bicyclic) bond motifs is 1. The maximum Gasteiger partial charge on any atom is 0.161 e. The van der Waals surface area contributed by atoms with Crippen molar-refractivity contribution >= 4 is 0 Å². The first-order valence-electron chi connectivity index (χ1n) is 8.40. The number of nitrogens with one attached hydrogen (secondary N) is 1. The fraction of sp³-hybridized carbons (Fsp3) is 0.667. The molecule has 0 saturated heterocycles. The van der Waals surface area contributed by atoms with Crippen molar-refractivity contribution in [3.05, 3.63) is 23.8 Å². The van der Waals surface area contributed by atoms with Gasteiger partial charge < -0.3 is 14.8 Å². The van der Waals surface area contributed by atoms with Crippen LogP contribution in [0.1, 0.15) is 50.6 Å². The van der Waals surface area contributed by atoms with E-state index in [0.717, 1.165) is 23.3 Å². The Hall–Kier alpha value is -1.22. The van der Waals surface area contributed by atoms with Crippen molar-refractivity contribution in [2.24, 2.45) is 11.8 Å². The van der Waals surface area contributed by atoms with Gasteiger partial charge in [-0.1, -0.05) is 38.7 Å². The Labute approximate surface area is 128 Å². The second-order valence-electron chi connectivity index (χ2n) is 6.29. The summed E-state index contributed by atoms with van der Waals surface area (Å²) in [5, 5.41) is 3.56. The molecule has 3 atom stereocenters. The van der Waals surface area contributed by atoms with Crippen molar-refractivity contribution in [2.75, 3.05) is 20.3 Å². The summed E-state index contributed by atoms with van der Waals surface area (Å²) in [7, 11) is 2.09. The van der Waals surface area contributed by atoms with Crippen molar-refractivity contribution in [2.45, 2.75) is 45.1 Å². The largest absolute Gasteiger partial charge is 0.486 e. The first-order valence-corrected chi connectivity index (χ1v) is 8.40. The molecule has 3 nitrogen and oxygen atoms in total. The second kappa shape index (κ2) is 6.69. The van der Waals surface area contributed by atoms with Crippen LogP contribution in [0.5, 0.6) is 11.5 Å². The van der Waals surface area contributed by atoms with Gasteiger partial charge in [0, 0.05) is 6.04 Å². The Morgan fingerprint density at radius 3 is 2.67 bits per heavy atom. The molecule has 2 aliphatic rings. The highest BCUT2D eigenvalue weighted by Crippen LogP contribution is 2.42. The normalized spacial score (nSPS) is 26.4. The molecular weight excluding hydrogens is 262 g/mol. The number of hydrogen-bond donors (Lipinski definition) is 1. The first-order chi connectivity index (χ1) is 10.3. The molecule has 1 N–H and O–H groups in total. The van der Waals surface area contributed by atoms with Gasteiger partial charge in [0.05, 0.1) is 0 Å². The predicted molar refractivity (Wildman–Crippen MR) is 85.0 cm³/mol. The van der Waals surface area contributed by atoms with Crippen LogP contribution in [0.15, 0.2) is 18.2 Å². The van der Waals surface area contributed by atoms with E-state index in [-0.39, 0.29) is 0 Å². The van der Waals surface area contributed by atoms with Crippen LogP contribution >= 0.6 is 0 Å². The van der Waals surface area contributed by atoms with Crippen molar-refractivity contribution in [3.8, 4) is 11.5 Å². The summed E-state index contributed by atoms with van der Waals surface area (Å²) in [6, 6.07) is 6.87. The highest BCUT2D eigenvalue weighted by molar-refractivity contribution is 5.44. The molecule has 0 bridgehead atoms. The molecule has 1 fully saturated rings. The van der Waals surface area contributed by atoms with Gasteiger partial charge in [-0.2, -0.15) is 0 Å². The lowest BCUT2D eigenvalue weighted by molar-refractivity contribution is 0.168. The molecule has 3 unspecified atom stereocenters. The van der Waals surface area contributed by atoms with Crippen molar-refractivity contribution in [1.82, 2.24) is 5.32 Å². The van der Waals surface area contributed by atoms with Crippen molar-refractivity contribution in [3.63, 3.8) is 0 Å². The molecule has 1 saturated carbocycles. The zero-order valence-electron chi connectivity index (χ0n) is 13.2. The van der Waals surface area contributed by atoms with Gasteiger partial charge in [-0.25, -0.2) is 0 Å². The average molecular weight is 289 g/mol. The van der Waals surface area contributed by atoms with Gasteiger partial charge in [0.15, 0.2) is 11.5 Å². The highest BCUT2D eigenvalue weighted by atomic mass is 16.6. The van der Waals surface area contributed by atoms with Gasteiger partial charge in [-0.05, 0) is 43.0 Å². The van der Waals surface area contributed by atoms with Crippen LogP contribution in [0.25, 0.3) is 0 Å². The molecule has 116 valence electrons. The molecule has 3 rings (SSSR count). The highest BCUT2D eigenvalue weighted by Gasteiger charge is 2.31. The minimum Gasteiger partial charge on any atom is -0.486 e. The molecule has 1 aliphatic heterocycles. The maximum atomic E-state index is 5.75. The Morgan fingerprint density at radius 1 is 1.14 bits per heavy atom. The van der Waals surface area contributed by atoms with Gasteiger partial charge in [0.2, 0.25) is 0 Å². The van der Waals surface area contributed by atoms with Crippen LogP contribution in [-0.2, 0) is 0 Å². The quantitative estimate of drug-likeness (QED) is 0.911. The SMILES string of the molecule is CCC1CCCCC1C(NC)c1ccc2c(c1)OCCO2. The molecular formula is C18H27NO2. The molecule has 3 heteroatoms. The minimum atomic E-state index is 0.422. The van der Waals surface area contributed by atoms with Gasteiger partial charge in [0.1, 0.15) is 13.2 Å². The third-order valence-electron chi connectivity index (χ3n) is 5.16. The summed E-state index contributed by atoms with van der Waals surface area (Å²) in [6.45, 7) is 3.64. The van der Waals surface area contributed by atoms with Gasteiger partial charge in [-0.15, -0.1) is 0 Å². The number of benzene rings is 1. The Balaban J connectivity index is 1.85. The van der Waals surface area contributed by atoms with Crippen molar-refractivity contribution in [1.29, 1.82) is 0 Å². The maximum absolute atomic E-state index is 5.75. The van der Waals surface area contributed by atoms with Gasteiger partial charge >= 0.3 is 0 Å². The first kappa shape index (κ1) is 14.7. The predicted octanol–water partition coefficient (Wildman–Crippen LogP) is 3.93. The Bertz CT molecular complexity index is 474. The lowest BCUT2D eigenvalue weighted by Gasteiger charge is -2.37. The fourth-order valence-corrected chi connectivity index (χ4v) is 4.06. The molecule has 1 aliphatic carbocycles. The molecule has 0 spiro atoms. The summed E-state index contributed by atoms with van der Waals surface area (Å²) in [6.07, 6.45) is 6.76. The van der Waals surface area contributed by atoms with E-state index in [4.69, 9.17) is 9.47 Å². The summed E-state index contributed by atoms with van der Waals surface area (Å²) in [5.41, 5.74) is 1.34. The zero-order chi connectivity index (χ0) is 14.7. The summed E-state index contributed by atoms with van der Waals surface area (Å²) in [4.78, 5) is 0. The average Bonchev–Trinajstić information content (AvgIpc) is 2.56. The summed E-state index contributed by atoms with van der Waals surface area (Å²) >= 11 is 0. The summed E-state index contributed by atoms with van der Waals surface area (Å²) in [5.74, 6) is 3.36. The van der Waals surface area contributed by atoms with Crippen LogP contribution in [-0.4, -0.2) is 20.3 Å². The molecule has 1 aromatic carbocycles. The lowest BCUT2D eigenvalue weighted by Crippen LogP contribution is -2.32.